The van der Waals surface area contributed by atoms with Crippen molar-refractivity contribution in [3.63, 3.8) is 0 Å². The van der Waals surface area contributed by atoms with Gasteiger partial charge in [0.2, 0.25) is 0 Å². The number of fused-ring (bicyclic) bond motifs is 1. The molecule has 0 saturated carbocycles. The Morgan fingerprint density at radius 1 is 1.33 bits per heavy atom. The van der Waals surface area contributed by atoms with E-state index < -0.39 is 0 Å². The monoisotopic (exact) mass is 283 g/mol. The molecule has 4 N–H and O–H groups in total. The molecule has 0 unspecified atom stereocenters. The third kappa shape index (κ3) is 2.52. The Morgan fingerprint density at radius 2 is 2.14 bits per heavy atom. The Morgan fingerprint density at radius 3 is 2.95 bits per heavy atom. The second-order valence-electron chi connectivity index (χ2n) is 5.06. The fraction of sp³-hybridized carbons (Fsp3) is 0.267. The maximum atomic E-state index is 12.3. The Labute approximate surface area is 122 Å². The summed E-state index contributed by atoms with van der Waals surface area (Å²) in [4.78, 5) is 20.2. The Hall–Kier alpha value is -2.63. The number of anilines is 3. The fourth-order valence-corrected chi connectivity index (χ4v) is 2.57. The molecule has 2 aromatic rings. The molecule has 2 heterocycles. The predicted octanol–water partition coefficient (Wildman–Crippen LogP) is 1.98. The van der Waals surface area contributed by atoms with Gasteiger partial charge in [-0.15, -0.1) is 0 Å². The number of hydrogen-bond acceptors (Lipinski definition) is 5. The van der Waals surface area contributed by atoms with Gasteiger partial charge < -0.3 is 16.4 Å². The molecule has 0 saturated heterocycles. The van der Waals surface area contributed by atoms with Gasteiger partial charge in [0.1, 0.15) is 0 Å². The lowest BCUT2D eigenvalue weighted by Gasteiger charge is -2.23. The van der Waals surface area contributed by atoms with Crippen molar-refractivity contribution in [3.8, 4) is 0 Å². The SMILES string of the molecule is Cc1ccc(NC(=O)c2nccnc2N)c2c1NCCC2. The van der Waals surface area contributed by atoms with Crippen LogP contribution < -0.4 is 16.4 Å². The van der Waals surface area contributed by atoms with E-state index in [4.69, 9.17) is 5.73 Å². The van der Waals surface area contributed by atoms with Gasteiger partial charge in [0.25, 0.3) is 5.91 Å². The molecule has 3 rings (SSSR count). The highest BCUT2D eigenvalue weighted by Gasteiger charge is 2.18. The van der Waals surface area contributed by atoms with Gasteiger partial charge in [-0.3, -0.25) is 4.79 Å². The van der Waals surface area contributed by atoms with Gasteiger partial charge in [-0.05, 0) is 37.0 Å². The molecule has 1 aromatic heterocycles. The van der Waals surface area contributed by atoms with Crippen LogP contribution in [0.3, 0.4) is 0 Å². The quantitative estimate of drug-likeness (QED) is 0.783. The molecular weight excluding hydrogens is 266 g/mol. The molecule has 1 aromatic carbocycles. The number of carbonyl (C=O) groups is 1. The molecule has 0 spiro atoms. The molecule has 0 radical (unpaired) electrons. The first-order valence-electron chi connectivity index (χ1n) is 6.91. The normalized spacial score (nSPS) is 13.2. The number of hydrogen-bond donors (Lipinski definition) is 3. The standard InChI is InChI=1S/C15H17N5O/c1-9-4-5-11(10-3-2-6-17-12(9)10)20-15(21)13-14(16)19-8-7-18-13/h4-5,7-8,17H,2-3,6H2,1H3,(H2,16,19)(H,20,21). The Kier molecular flexibility index (Phi) is 3.43. The van der Waals surface area contributed by atoms with Crippen molar-refractivity contribution in [1.29, 1.82) is 0 Å². The second kappa shape index (κ2) is 5.40. The third-order valence-electron chi connectivity index (χ3n) is 3.62. The molecule has 108 valence electrons. The Balaban J connectivity index is 1.92. The number of nitrogens with two attached hydrogens (primary N) is 1. The number of amides is 1. The number of benzene rings is 1. The van der Waals surface area contributed by atoms with Crippen LogP contribution in [0.4, 0.5) is 17.2 Å². The maximum absolute atomic E-state index is 12.3. The summed E-state index contributed by atoms with van der Waals surface area (Å²) in [6.07, 6.45) is 4.91. The van der Waals surface area contributed by atoms with Crippen LogP contribution in [0.1, 0.15) is 28.0 Å². The van der Waals surface area contributed by atoms with Crippen LogP contribution in [-0.2, 0) is 6.42 Å². The molecule has 0 aliphatic carbocycles. The highest BCUT2D eigenvalue weighted by Crippen LogP contribution is 2.32. The average Bonchev–Trinajstić information content (AvgIpc) is 2.51. The number of nitrogen functional groups attached to an aromatic ring is 1. The fourth-order valence-electron chi connectivity index (χ4n) is 2.57. The van der Waals surface area contributed by atoms with Crippen molar-refractivity contribution in [1.82, 2.24) is 9.97 Å². The zero-order valence-corrected chi connectivity index (χ0v) is 11.8. The summed E-state index contributed by atoms with van der Waals surface area (Å²) in [6.45, 7) is 3.02. The lowest BCUT2D eigenvalue weighted by Crippen LogP contribution is -2.20. The number of aryl methyl sites for hydroxylation is 1. The molecule has 21 heavy (non-hydrogen) atoms. The van der Waals surface area contributed by atoms with Gasteiger partial charge in [-0.25, -0.2) is 9.97 Å². The first-order chi connectivity index (χ1) is 10.2. The number of nitrogens with zero attached hydrogens (tertiary/aromatic N) is 2. The third-order valence-corrected chi connectivity index (χ3v) is 3.62. The van der Waals surface area contributed by atoms with E-state index in [2.05, 4.69) is 27.5 Å². The largest absolute Gasteiger partial charge is 0.385 e. The molecule has 1 aliphatic heterocycles. The van der Waals surface area contributed by atoms with Crippen LogP contribution in [0.2, 0.25) is 0 Å². The van der Waals surface area contributed by atoms with Crippen molar-refractivity contribution in [2.45, 2.75) is 19.8 Å². The second-order valence-corrected chi connectivity index (χ2v) is 5.06. The summed E-state index contributed by atoms with van der Waals surface area (Å²) in [5, 5.41) is 6.28. The Bertz CT molecular complexity index is 698. The average molecular weight is 283 g/mol. The van der Waals surface area contributed by atoms with Crippen molar-refractivity contribution >= 4 is 23.1 Å². The van der Waals surface area contributed by atoms with Crippen LogP contribution in [0.5, 0.6) is 0 Å². The number of rotatable bonds is 2. The van der Waals surface area contributed by atoms with Crippen LogP contribution in [0.25, 0.3) is 0 Å². The zero-order chi connectivity index (χ0) is 14.8. The molecule has 6 nitrogen and oxygen atoms in total. The molecule has 0 atom stereocenters. The summed E-state index contributed by atoms with van der Waals surface area (Å²) in [5.74, 6) is -0.202. The molecular formula is C15H17N5O. The van der Waals surface area contributed by atoms with Gasteiger partial charge in [0.05, 0.1) is 0 Å². The highest BCUT2D eigenvalue weighted by molar-refractivity contribution is 6.06. The summed E-state index contributed by atoms with van der Waals surface area (Å²) >= 11 is 0. The summed E-state index contributed by atoms with van der Waals surface area (Å²) in [5.41, 5.74) is 10.1. The first kappa shape index (κ1) is 13.4. The predicted molar refractivity (Wildman–Crippen MR) is 82.4 cm³/mol. The van der Waals surface area contributed by atoms with Crippen LogP contribution in [0.15, 0.2) is 24.5 Å². The highest BCUT2D eigenvalue weighted by atomic mass is 16.1. The van der Waals surface area contributed by atoms with Gasteiger partial charge in [0, 0.05) is 30.3 Å². The van der Waals surface area contributed by atoms with Crippen molar-refractivity contribution in [2.75, 3.05) is 22.9 Å². The first-order valence-corrected chi connectivity index (χ1v) is 6.91. The van der Waals surface area contributed by atoms with Gasteiger partial charge >= 0.3 is 0 Å². The van der Waals surface area contributed by atoms with E-state index in [1.54, 1.807) is 0 Å². The van der Waals surface area contributed by atoms with Crippen LogP contribution in [0, 0.1) is 6.92 Å². The molecule has 1 amide bonds. The van der Waals surface area contributed by atoms with E-state index in [0.29, 0.717) is 0 Å². The van der Waals surface area contributed by atoms with Crippen LogP contribution in [-0.4, -0.2) is 22.4 Å². The summed E-state index contributed by atoms with van der Waals surface area (Å²) < 4.78 is 0. The minimum atomic E-state index is -0.336. The number of carbonyl (C=O) groups excluding carboxylic acids is 1. The topological polar surface area (TPSA) is 92.9 Å². The lowest BCUT2D eigenvalue weighted by atomic mass is 9.98. The van der Waals surface area contributed by atoms with E-state index in [9.17, 15) is 4.79 Å². The maximum Gasteiger partial charge on any atom is 0.278 e. The van der Waals surface area contributed by atoms with Crippen molar-refractivity contribution < 1.29 is 4.79 Å². The number of nitrogens with one attached hydrogen (secondary N) is 2. The molecule has 1 aliphatic rings. The van der Waals surface area contributed by atoms with E-state index in [1.165, 1.54) is 18.0 Å². The summed E-state index contributed by atoms with van der Waals surface area (Å²) in [7, 11) is 0. The van der Waals surface area contributed by atoms with Gasteiger partial charge in [-0.2, -0.15) is 0 Å². The van der Waals surface area contributed by atoms with E-state index in [-0.39, 0.29) is 17.4 Å². The van der Waals surface area contributed by atoms with Crippen molar-refractivity contribution in [2.24, 2.45) is 0 Å². The molecule has 0 fully saturated rings. The zero-order valence-electron chi connectivity index (χ0n) is 11.8. The number of aromatic nitrogens is 2. The molecule has 0 bridgehead atoms. The van der Waals surface area contributed by atoms with Crippen LogP contribution >= 0.6 is 0 Å². The molecule has 6 heteroatoms. The van der Waals surface area contributed by atoms with E-state index >= 15 is 0 Å². The smallest absolute Gasteiger partial charge is 0.278 e. The van der Waals surface area contributed by atoms with Gasteiger partial charge in [0.15, 0.2) is 11.5 Å². The minimum Gasteiger partial charge on any atom is -0.385 e. The van der Waals surface area contributed by atoms with Crippen molar-refractivity contribution in [3.05, 3.63) is 41.3 Å². The van der Waals surface area contributed by atoms with E-state index in [0.717, 1.165) is 36.3 Å². The van der Waals surface area contributed by atoms with Gasteiger partial charge in [-0.1, -0.05) is 6.07 Å². The minimum absolute atomic E-state index is 0.133. The summed E-state index contributed by atoms with van der Waals surface area (Å²) in [6, 6.07) is 3.92. The lowest BCUT2D eigenvalue weighted by molar-refractivity contribution is 0.102. The van der Waals surface area contributed by atoms with E-state index in [1.807, 2.05) is 12.1 Å².